The number of para-hydroxylation sites is 1. The first kappa shape index (κ1) is 14.2. The van der Waals surface area contributed by atoms with Crippen molar-refractivity contribution in [2.24, 2.45) is 0 Å². The van der Waals surface area contributed by atoms with Gasteiger partial charge in [-0.2, -0.15) is 5.10 Å². The number of carbonyl (C=O) groups is 1. The normalized spacial score (nSPS) is 10.8. The van der Waals surface area contributed by atoms with Gasteiger partial charge in [0.05, 0.1) is 23.5 Å². The molecule has 0 N–H and O–H groups in total. The van der Waals surface area contributed by atoms with Gasteiger partial charge in [0.2, 0.25) is 0 Å². The van der Waals surface area contributed by atoms with Crippen LogP contribution < -0.4 is 4.90 Å². The first-order valence-corrected chi connectivity index (χ1v) is 6.14. The van der Waals surface area contributed by atoms with Crippen molar-refractivity contribution in [1.29, 1.82) is 0 Å². The summed E-state index contributed by atoms with van der Waals surface area (Å²) in [7, 11) is 1.52. The second kappa shape index (κ2) is 5.81. The first-order valence-electron chi connectivity index (χ1n) is 6.14. The lowest BCUT2D eigenvalue weighted by Gasteiger charge is -2.20. The average Bonchev–Trinajstić information content (AvgIpc) is 2.75. The number of aromatic nitrogens is 2. The quantitative estimate of drug-likeness (QED) is 0.790. The van der Waals surface area contributed by atoms with Crippen LogP contribution in [0, 0.1) is 6.92 Å². The average molecular weight is 279 g/mol. The fraction of sp³-hybridized carbons (Fsp3) is 0.286. The molecule has 0 spiro atoms. The van der Waals surface area contributed by atoms with Crippen LogP contribution in [0.5, 0.6) is 0 Å². The lowest BCUT2D eigenvalue weighted by Crippen LogP contribution is -2.27. The Morgan fingerprint density at radius 1 is 1.35 bits per heavy atom. The van der Waals surface area contributed by atoms with E-state index in [0.29, 0.717) is 23.4 Å². The highest BCUT2D eigenvalue weighted by atomic mass is 19.3. The molecule has 1 heterocycles. The summed E-state index contributed by atoms with van der Waals surface area (Å²) >= 11 is 0. The topological polar surface area (TPSA) is 38.1 Å². The van der Waals surface area contributed by atoms with Crippen molar-refractivity contribution in [2.45, 2.75) is 13.3 Å². The summed E-state index contributed by atoms with van der Waals surface area (Å²) in [6.45, 7) is 1.22. The molecule has 0 unspecified atom stereocenters. The monoisotopic (exact) mass is 279 g/mol. The number of anilines is 1. The number of hydrogen-bond acceptors (Lipinski definition) is 3. The third-order valence-electron chi connectivity index (χ3n) is 2.97. The van der Waals surface area contributed by atoms with E-state index in [-0.39, 0.29) is 0 Å². The molecule has 0 amide bonds. The molecule has 20 heavy (non-hydrogen) atoms. The zero-order chi connectivity index (χ0) is 14.7. The van der Waals surface area contributed by atoms with E-state index in [0.717, 1.165) is 5.69 Å². The van der Waals surface area contributed by atoms with Crippen molar-refractivity contribution in [2.75, 3.05) is 18.5 Å². The van der Waals surface area contributed by atoms with Gasteiger partial charge in [-0.05, 0) is 19.1 Å². The van der Waals surface area contributed by atoms with Gasteiger partial charge in [-0.25, -0.2) is 13.5 Å². The molecule has 2 rings (SSSR count). The maximum Gasteiger partial charge on any atom is 0.255 e. The van der Waals surface area contributed by atoms with E-state index in [1.165, 1.54) is 16.6 Å². The molecule has 6 heteroatoms. The molecular formula is C14H15F2N3O. The molecule has 4 nitrogen and oxygen atoms in total. The van der Waals surface area contributed by atoms with Crippen LogP contribution in [0.25, 0.3) is 5.69 Å². The molecule has 0 aliphatic heterocycles. The number of alkyl halides is 2. The minimum Gasteiger partial charge on any atom is -0.353 e. The van der Waals surface area contributed by atoms with Gasteiger partial charge in [0.1, 0.15) is 5.82 Å². The van der Waals surface area contributed by atoms with E-state index in [2.05, 4.69) is 5.10 Å². The van der Waals surface area contributed by atoms with Gasteiger partial charge >= 0.3 is 0 Å². The lowest BCUT2D eigenvalue weighted by atomic mass is 10.2. The molecule has 2 aromatic rings. The summed E-state index contributed by atoms with van der Waals surface area (Å²) in [6.07, 6.45) is -1.84. The Balaban J connectivity index is 2.55. The van der Waals surface area contributed by atoms with Crippen LogP contribution in [-0.2, 0) is 0 Å². The molecule has 0 radical (unpaired) electrons. The third kappa shape index (κ3) is 2.68. The molecular weight excluding hydrogens is 264 g/mol. The number of aryl methyl sites for hydroxylation is 1. The Kier molecular flexibility index (Phi) is 4.12. The van der Waals surface area contributed by atoms with Crippen molar-refractivity contribution in [3.8, 4) is 5.69 Å². The second-order valence-electron chi connectivity index (χ2n) is 4.46. The number of benzene rings is 1. The van der Waals surface area contributed by atoms with Gasteiger partial charge in [-0.1, -0.05) is 18.2 Å². The summed E-state index contributed by atoms with van der Waals surface area (Å²) in [5, 5.41) is 4.28. The largest absolute Gasteiger partial charge is 0.353 e. The number of nitrogens with zero attached hydrogens (tertiary/aromatic N) is 3. The zero-order valence-electron chi connectivity index (χ0n) is 11.3. The van der Waals surface area contributed by atoms with E-state index in [1.807, 2.05) is 18.2 Å². The number of rotatable bonds is 5. The molecule has 0 fully saturated rings. The fourth-order valence-corrected chi connectivity index (χ4v) is 2.08. The molecule has 0 saturated carbocycles. The smallest absolute Gasteiger partial charge is 0.255 e. The molecule has 0 aliphatic carbocycles. The molecule has 0 aliphatic rings. The van der Waals surface area contributed by atoms with Crippen LogP contribution in [0.1, 0.15) is 16.1 Å². The zero-order valence-corrected chi connectivity index (χ0v) is 11.3. The van der Waals surface area contributed by atoms with Crippen molar-refractivity contribution in [1.82, 2.24) is 9.78 Å². The van der Waals surface area contributed by atoms with Gasteiger partial charge in [0, 0.05) is 7.05 Å². The van der Waals surface area contributed by atoms with E-state index in [1.54, 1.807) is 19.1 Å². The second-order valence-corrected chi connectivity index (χ2v) is 4.46. The van der Waals surface area contributed by atoms with Crippen molar-refractivity contribution >= 4 is 12.1 Å². The molecule has 0 saturated heterocycles. The predicted octanol–water partition coefficient (Wildman–Crippen LogP) is 2.69. The summed E-state index contributed by atoms with van der Waals surface area (Å²) in [5.41, 5.74) is 1.57. The highest BCUT2D eigenvalue weighted by Crippen LogP contribution is 2.25. The molecule has 0 bridgehead atoms. The number of aldehydes is 1. The van der Waals surface area contributed by atoms with Crippen LogP contribution in [-0.4, -0.2) is 36.1 Å². The Morgan fingerprint density at radius 3 is 2.55 bits per heavy atom. The van der Waals surface area contributed by atoms with Crippen molar-refractivity contribution in [3.05, 3.63) is 41.6 Å². The highest BCUT2D eigenvalue weighted by Gasteiger charge is 2.21. The predicted molar refractivity (Wildman–Crippen MR) is 73.0 cm³/mol. The lowest BCUT2D eigenvalue weighted by molar-refractivity contribution is 0.112. The van der Waals surface area contributed by atoms with Gasteiger partial charge < -0.3 is 4.90 Å². The molecule has 106 valence electrons. The standard InChI is InChI=1S/C14H15F2N3O/c1-10-12(9-20)14(18(2)8-13(15)16)19(17-10)11-6-4-3-5-7-11/h3-7,9,13H,8H2,1-2H3. The van der Waals surface area contributed by atoms with Crippen LogP contribution in [0.4, 0.5) is 14.6 Å². The van der Waals surface area contributed by atoms with Crippen LogP contribution in [0.3, 0.4) is 0 Å². The molecule has 1 aromatic carbocycles. The summed E-state index contributed by atoms with van der Waals surface area (Å²) in [4.78, 5) is 12.6. The Bertz CT molecular complexity index is 596. The minimum absolute atomic E-state index is 0.331. The van der Waals surface area contributed by atoms with Gasteiger partial charge in [0.15, 0.2) is 6.29 Å². The molecule has 0 atom stereocenters. The number of hydrogen-bond donors (Lipinski definition) is 0. The molecule has 1 aromatic heterocycles. The van der Waals surface area contributed by atoms with Gasteiger partial charge in [-0.3, -0.25) is 4.79 Å². The third-order valence-corrected chi connectivity index (χ3v) is 2.97. The van der Waals surface area contributed by atoms with Gasteiger partial charge in [-0.15, -0.1) is 0 Å². The first-order chi connectivity index (χ1) is 9.54. The van der Waals surface area contributed by atoms with E-state index < -0.39 is 13.0 Å². The Hall–Kier alpha value is -2.24. The van der Waals surface area contributed by atoms with E-state index >= 15 is 0 Å². The maximum atomic E-state index is 12.6. The van der Waals surface area contributed by atoms with Gasteiger partial charge in [0.25, 0.3) is 6.43 Å². The number of halogens is 2. The Morgan fingerprint density at radius 2 is 2.00 bits per heavy atom. The SMILES string of the molecule is Cc1nn(-c2ccccc2)c(N(C)CC(F)F)c1C=O. The summed E-state index contributed by atoms with van der Waals surface area (Å²) < 4.78 is 26.7. The minimum atomic E-state index is -2.49. The fourth-order valence-electron chi connectivity index (χ4n) is 2.08. The Labute approximate surface area is 115 Å². The summed E-state index contributed by atoms with van der Waals surface area (Å²) in [6, 6.07) is 9.11. The van der Waals surface area contributed by atoms with Crippen LogP contribution in [0.15, 0.2) is 30.3 Å². The van der Waals surface area contributed by atoms with Crippen molar-refractivity contribution in [3.63, 3.8) is 0 Å². The number of carbonyl (C=O) groups excluding carboxylic acids is 1. The summed E-state index contributed by atoms with van der Waals surface area (Å²) in [5.74, 6) is 0.379. The van der Waals surface area contributed by atoms with E-state index in [4.69, 9.17) is 0 Å². The van der Waals surface area contributed by atoms with Crippen LogP contribution in [0.2, 0.25) is 0 Å². The van der Waals surface area contributed by atoms with Crippen LogP contribution >= 0.6 is 0 Å². The highest BCUT2D eigenvalue weighted by molar-refractivity contribution is 5.85. The van der Waals surface area contributed by atoms with E-state index in [9.17, 15) is 13.6 Å². The maximum absolute atomic E-state index is 12.6. The van der Waals surface area contributed by atoms with Crippen molar-refractivity contribution < 1.29 is 13.6 Å².